The molecule has 1 aliphatic rings. The van der Waals surface area contributed by atoms with Crippen molar-refractivity contribution in [3.63, 3.8) is 0 Å². The summed E-state index contributed by atoms with van der Waals surface area (Å²) < 4.78 is 15.9. The number of pyridine rings is 1. The van der Waals surface area contributed by atoms with Crippen LogP contribution < -0.4 is 10.2 Å². The minimum atomic E-state index is -0.258. The number of halogens is 1. The van der Waals surface area contributed by atoms with Gasteiger partial charge in [-0.2, -0.15) is 0 Å². The van der Waals surface area contributed by atoms with E-state index in [-0.39, 0.29) is 5.82 Å². The molecule has 1 aliphatic carbocycles. The van der Waals surface area contributed by atoms with Gasteiger partial charge in [0, 0.05) is 35.6 Å². The van der Waals surface area contributed by atoms with Crippen LogP contribution in [-0.4, -0.2) is 20.7 Å². The van der Waals surface area contributed by atoms with E-state index in [0.717, 1.165) is 36.3 Å². The Morgan fingerprint density at radius 1 is 1.22 bits per heavy atom. The Labute approximate surface area is 195 Å². The second-order valence-corrected chi connectivity index (χ2v) is 9.00. The molecule has 1 aromatic carbocycles. The minimum Gasteiger partial charge on any atom is -0.360 e. The van der Waals surface area contributed by atoms with Crippen molar-refractivity contribution < 1.29 is 4.39 Å². The Bertz CT molecular complexity index is 1110. The largest absolute Gasteiger partial charge is 0.360 e. The van der Waals surface area contributed by atoms with Crippen LogP contribution in [0.4, 0.5) is 10.1 Å². The van der Waals surface area contributed by atoms with Gasteiger partial charge in [0.05, 0.1) is 17.8 Å². The highest BCUT2D eigenvalue weighted by Gasteiger charge is 2.22. The molecular weight excluding hydrogens is 419 g/mol. The fourth-order valence-corrected chi connectivity index (χ4v) is 5.03. The van der Waals surface area contributed by atoms with Gasteiger partial charge >= 0.3 is 0 Å². The lowest BCUT2D eigenvalue weighted by atomic mass is 9.96. The molecule has 0 saturated heterocycles. The van der Waals surface area contributed by atoms with Gasteiger partial charge in [0.1, 0.15) is 5.82 Å². The molecule has 0 atom stereocenters. The number of rotatable bonds is 6. The summed E-state index contributed by atoms with van der Waals surface area (Å²) in [7, 11) is 0. The molecule has 0 aliphatic heterocycles. The summed E-state index contributed by atoms with van der Waals surface area (Å²) >= 11 is 5.88. The van der Waals surface area contributed by atoms with Crippen LogP contribution >= 0.6 is 12.2 Å². The molecule has 3 aromatic rings. The van der Waals surface area contributed by atoms with E-state index in [1.54, 1.807) is 12.1 Å². The molecule has 4 rings (SSSR count). The Hall–Kier alpha value is -2.73. The average Bonchev–Trinajstić information content (AvgIpc) is 3.04. The van der Waals surface area contributed by atoms with Gasteiger partial charge in [0.15, 0.2) is 5.11 Å². The first-order chi connectivity index (χ1) is 15.5. The molecule has 0 spiro atoms. The van der Waals surface area contributed by atoms with Gasteiger partial charge in [0.25, 0.3) is 0 Å². The van der Waals surface area contributed by atoms with Gasteiger partial charge in [-0.25, -0.2) is 4.39 Å². The van der Waals surface area contributed by atoms with Crippen LogP contribution in [0.25, 0.3) is 10.9 Å². The molecular formula is C26H31FN4S. The maximum Gasteiger partial charge on any atom is 0.174 e. The third-order valence-electron chi connectivity index (χ3n) is 6.56. The Morgan fingerprint density at radius 2 is 1.94 bits per heavy atom. The van der Waals surface area contributed by atoms with E-state index in [1.165, 1.54) is 48.0 Å². The first kappa shape index (κ1) is 22.5. The molecule has 32 heavy (non-hydrogen) atoms. The summed E-state index contributed by atoms with van der Waals surface area (Å²) in [5.74, 6) is -0.258. The van der Waals surface area contributed by atoms with Crippen molar-refractivity contribution in [1.82, 2.24) is 14.9 Å². The van der Waals surface area contributed by atoms with E-state index in [9.17, 15) is 4.39 Å². The minimum absolute atomic E-state index is 0.258. The van der Waals surface area contributed by atoms with E-state index in [4.69, 9.17) is 17.2 Å². The summed E-state index contributed by atoms with van der Waals surface area (Å²) in [6, 6.07) is 8.98. The van der Waals surface area contributed by atoms with E-state index in [1.807, 2.05) is 17.2 Å². The van der Waals surface area contributed by atoms with Crippen LogP contribution in [0, 0.1) is 19.7 Å². The van der Waals surface area contributed by atoms with Crippen LogP contribution in [0.15, 0.2) is 49.2 Å². The van der Waals surface area contributed by atoms with Crippen molar-refractivity contribution >= 4 is 33.9 Å². The second kappa shape index (κ2) is 9.82. The number of benzene rings is 1. The standard InChI is InChI=1S/C26H31FN4S/c1-4-16-30-19(3)18(2)23-14-15-28-24(25(23)30)17-31(22-12-10-20(27)11-13-22)26(32)29-21-8-6-5-7-9-21/h4,10-15,21H,1,5-9,16-17H2,2-3H3,(H,29,32). The number of thiocarbonyl (C=S) groups is 1. The molecule has 2 aromatic heterocycles. The third kappa shape index (κ3) is 4.56. The molecule has 168 valence electrons. The van der Waals surface area contributed by atoms with Crippen LogP contribution in [0.3, 0.4) is 0 Å². The molecule has 0 amide bonds. The van der Waals surface area contributed by atoms with E-state index in [0.29, 0.717) is 17.7 Å². The van der Waals surface area contributed by atoms with Crippen molar-refractivity contribution in [2.75, 3.05) is 4.90 Å². The van der Waals surface area contributed by atoms with Crippen molar-refractivity contribution in [2.45, 2.75) is 65.1 Å². The number of aryl methyl sites for hydroxylation is 1. The van der Waals surface area contributed by atoms with E-state index >= 15 is 0 Å². The number of hydrogen-bond acceptors (Lipinski definition) is 2. The first-order valence-electron chi connectivity index (χ1n) is 11.4. The summed E-state index contributed by atoms with van der Waals surface area (Å²) in [6.07, 6.45) is 9.78. The Kier molecular flexibility index (Phi) is 6.89. The van der Waals surface area contributed by atoms with Gasteiger partial charge in [-0.1, -0.05) is 25.3 Å². The number of anilines is 1. The van der Waals surface area contributed by atoms with E-state index < -0.39 is 0 Å². The first-order valence-corrected chi connectivity index (χ1v) is 11.8. The van der Waals surface area contributed by atoms with Crippen LogP contribution in [-0.2, 0) is 13.1 Å². The number of hydrogen-bond donors (Lipinski definition) is 1. The zero-order valence-electron chi connectivity index (χ0n) is 18.9. The van der Waals surface area contributed by atoms with Gasteiger partial charge in [-0.3, -0.25) is 4.98 Å². The Balaban J connectivity index is 1.73. The van der Waals surface area contributed by atoms with Crippen molar-refractivity contribution in [3.05, 3.63) is 72.0 Å². The van der Waals surface area contributed by atoms with Crippen LogP contribution in [0.2, 0.25) is 0 Å². The van der Waals surface area contributed by atoms with Crippen molar-refractivity contribution in [1.29, 1.82) is 0 Å². The molecule has 6 heteroatoms. The quantitative estimate of drug-likeness (QED) is 0.358. The maximum atomic E-state index is 13.7. The molecule has 0 unspecified atom stereocenters. The normalized spacial score (nSPS) is 14.5. The summed E-state index contributed by atoms with van der Waals surface area (Å²) in [4.78, 5) is 6.80. The molecule has 1 N–H and O–H groups in total. The zero-order chi connectivity index (χ0) is 22.7. The van der Waals surface area contributed by atoms with E-state index in [2.05, 4.69) is 36.4 Å². The highest BCUT2D eigenvalue weighted by Crippen LogP contribution is 2.29. The predicted molar refractivity (Wildman–Crippen MR) is 135 cm³/mol. The fraction of sp³-hybridized carbons (Fsp3) is 0.385. The number of allylic oxidation sites excluding steroid dienone is 1. The molecule has 4 nitrogen and oxygen atoms in total. The fourth-order valence-electron chi connectivity index (χ4n) is 4.69. The topological polar surface area (TPSA) is 33.1 Å². The smallest absolute Gasteiger partial charge is 0.174 e. The highest BCUT2D eigenvalue weighted by molar-refractivity contribution is 7.80. The average molecular weight is 451 g/mol. The van der Waals surface area contributed by atoms with Gasteiger partial charge < -0.3 is 14.8 Å². The molecule has 1 saturated carbocycles. The summed E-state index contributed by atoms with van der Waals surface area (Å²) in [6.45, 7) is 9.44. The number of fused-ring (bicyclic) bond motifs is 1. The molecule has 2 heterocycles. The van der Waals surface area contributed by atoms with Crippen molar-refractivity contribution in [3.8, 4) is 0 Å². The van der Waals surface area contributed by atoms with Crippen LogP contribution in [0.1, 0.15) is 49.1 Å². The number of nitrogens with one attached hydrogen (secondary N) is 1. The lowest BCUT2D eigenvalue weighted by Gasteiger charge is -2.31. The lowest BCUT2D eigenvalue weighted by molar-refractivity contribution is 0.413. The van der Waals surface area contributed by atoms with Gasteiger partial charge in [-0.05, 0) is 74.8 Å². The number of aromatic nitrogens is 2. The second-order valence-electron chi connectivity index (χ2n) is 8.61. The lowest BCUT2D eigenvalue weighted by Crippen LogP contribution is -2.45. The highest BCUT2D eigenvalue weighted by atomic mass is 32.1. The van der Waals surface area contributed by atoms with Gasteiger partial charge in [0.2, 0.25) is 0 Å². The van der Waals surface area contributed by atoms with Crippen molar-refractivity contribution in [2.24, 2.45) is 0 Å². The Morgan fingerprint density at radius 3 is 2.62 bits per heavy atom. The summed E-state index contributed by atoms with van der Waals surface area (Å²) in [5.41, 5.74) is 5.37. The molecule has 0 bridgehead atoms. The predicted octanol–water partition coefficient (Wildman–Crippen LogP) is 6.19. The number of nitrogens with zero attached hydrogens (tertiary/aromatic N) is 3. The zero-order valence-corrected chi connectivity index (χ0v) is 19.7. The monoisotopic (exact) mass is 450 g/mol. The molecule has 1 fully saturated rings. The SMILES string of the molecule is C=CCn1c(C)c(C)c2ccnc(CN(C(=S)NC3CCCCC3)c3ccc(F)cc3)c21. The van der Waals surface area contributed by atoms with Gasteiger partial charge in [-0.15, -0.1) is 6.58 Å². The summed E-state index contributed by atoms with van der Waals surface area (Å²) in [5, 5.41) is 5.43. The van der Waals surface area contributed by atoms with Crippen LogP contribution in [0.5, 0.6) is 0 Å². The maximum absolute atomic E-state index is 13.7. The molecule has 0 radical (unpaired) electrons. The third-order valence-corrected chi connectivity index (χ3v) is 6.90.